The first kappa shape index (κ1) is 25.9. The summed E-state index contributed by atoms with van der Waals surface area (Å²) in [4.78, 5) is 44.4. The van der Waals surface area contributed by atoms with Gasteiger partial charge in [0.2, 0.25) is 0 Å². The largest absolute Gasteiger partial charge is 0.466 e. The monoisotopic (exact) mass is 512 g/mol. The van der Waals surface area contributed by atoms with E-state index < -0.39 is 23.8 Å². The minimum Gasteiger partial charge on any atom is -0.466 e. The predicted molar refractivity (Wildman–Crippen MR) is 137 cm³/mol. The van der Waals surface area contributed by atoms with Crippen molar-refractivity contribution in [2.24, 2.45) is 5.73 Å². The number of nitrogens with two attached hydrogens (primary N) is 1. The Morgan fingerprint density at radius 3 is 2.32 bits per heavy atom. The minimum absolute atomic E-state index is 0.0392. The van der Waals surface area contributed by atoms with Gasteiger partial charge in [0.15, 0.2) is 0 Å². The van der Waals surface area contributed by atoms with Crippen LogP contribution in [0.4, 0.5) is 5.69 Å². The topological polar surface area (TPSA) is 145 Å². The summed E-state index contributed by atoms with van der Waals surface area (Å²) in [5, 5.41) is 10.7. The average molecular weight is 513 g/mol. The SMILES string of the molecule is CCOC(=O)c1ccc2c(N3C(N)=C(C#N)C(c4ccccc4)C(C(=O)OC)=C3C(=O)OC)cccc2n1. The Bertz CT molecular complexity index is 1540. The molecule has 192 valence electrons. The molecule has 0 saturated carbocycles. The van der Waals surface area contributed by atoms with Gasteiger partial charge < -0.3 is 19.9 Å². The molecule has 0 radical (unpaired) electrons. The van der Waals surface area contributed by atoms with Gasteiger partial charge in [-0.05, 0) is 36.8 Å². The fourth-order valence-electron chi connectivity index (χ4n) is 4.42. The van der Waals surface area contributed by atoms with Gasteiger partial charge in [0.25, 0.3) is 0 Å². The molecule has 0 fully saturated rings. The van der Waals surface area contributed by atoms with Gasteiger partial charge in [-0.25, -0.2) is 19.4 Å². The van der Waals surface area contributed by atoms with E-state index in [2.05, 4.69) is 11.1 Å². The summed E-state index contributed by atoms with van der Waals surface area (Å²) in [5.74, 6) is -3.33. The van der Waals surface area contributed by atoms with Crippen LogP contribution in [0.1, 0.15) is 28.9 Å². The summed E-state index contributed by atoms with van der Waals surface area (Å²) in [6.07, 6.45) is 0. The molecule has 1 aliphatic rings. The van der Waals surface area contributed by atoms with Crippen molar-refractivity contribution in [2.75, 3.05) is 25.7 Å². The summed E-state index contributed by atoms with van der Waals surface area (Å²) < 4.78 is 15.2. The van der Waals surface area contributed by atoms with Gasteiger partial charge in [0.1, 0.15) is 17.2 Å². The molecule has 2 heterocycles. The first-order valence-electron chi connectivity index (χ1n) is 11.6. The minimum atomic E-state index is -0.984. The summed E-state index contributed by atoms with van der Waals surface area (Å²) in [7, 11) is 2.36. The quantitative estimate of drug-likeness (QED) is 0.386. The zero-order chi connectivity index (χ0) is 27.4. The fourth-order valence-corrected chi connectivity index (χ4v) is 4.42. The van der Waals surface area contributed by atoms with Crippen LogP contribution >= 0.6 is 0 Å². The number of hydrogen-bond donors (Lipinski definition) is 1. The zero-order valence-electron chi connectivity index (χ0n) is 20.9. The highest BCUT2D eigenvalue weighted by Gasteiger charge is 2.43. The van der Waals surface area contributed by atoms with Crippen molar-refractivity contribution >= 4 is 34.5 Å². The number of methoxy groups -OCH3 is 2. The van der Waals surface area contributed by atoms with Gasteiger partial charge in [-0.2, -0.15) is 5.26 Å². The second-order valence-electron chi connectivity index (χ2n) is 8.10. The number of rotatable bonds is 6. The van der Waals surface area contributed by atoms with E-state index in [9.17, 15) is 19.6 Å². The van der Waals surface area contributed by atoms with Crippen molar-refractivity contribution in [2.45, 2.75) is 12.8 Å². The molecule has 10 nitrogen and oxygen atoms in total. The molecule has 1 unspecified atom stereocenters. The van der Waals surface area contributed by atoms with Gasteiger partial charge in [0.05, 0.1) is 55.2 Å². The Morgan fingerprint density at radius 1 is 0.974 bits per heavy atom. The van der Waals surface area contributed by atoms with Crippen LogP contribution in [0.3, 0.4) is 0 Å². The van der Waals surface area contributed by atoms with Gasteiger partial charge in [-0.1, -0.05) is 36.4 Å². The third kappa shape index (κ3) is 4.41. The Labute approximate surface area is 218 Å². The smallest absolute Gasteiger partial charge is 0.356 e. The van der Waals surface area contributed by atoms with E-state index in [4.69, 9.17) is 19.9 Å². The number of pyridine rings is 1. The number of nitriles is 1. The molecule has 38 heavy (non-hydrogen) atoms. The zero-order valence-corrected chi connectivity index (χ0v) is 20.9. The van der Waals surface area contributed by atoms with Crippen LogP contribution < -0.4 is 10.6 Å². The summed E-state index contributed by atoms with van der Waals surface area (Å²) >= 11 is 0. The first-order valence-corrected chi connectivity index (χ1v) is 11.6. The molecule has 4 rings (SSSR count). The predicted octanol–water partition coefficient (Wildman–Crippen LogP) is 3.31. The molecule has 0 amide bonds. The Kier molecular flexibility index (Phi) is 7.39. The van der Waals surface area contributed by atoms with Crippen LogP contribution in [-0.4, -0.2) is 43.7 Å². The van der Waals surface area contributed by atoms with Crippen molar-refractivity contribution in [1.29, 1.82) is 5.26 Å². The maximum absolute atomic E-state index is 13.3. The van der Waals surface area contributed by atoms with Gasteiger partial charge >= 0.3 is 17.9 Å². The Morgan fingerprint density at radius 2 is 1.68 bits per heavy atom. The van der Waals surface area contributed by atoms with E-state index in [0.717, 1.165) is 0 Å². The number of nitrogens with zero attached hydrogens (tertiary/aromatic N) is 3. The highest BCUT2D eigenvalue weighted by molar-refractivity contribution is 6.08. The number of anilines is 1. The van der Waals surface area contributed by atoms with E-state index in [1.165, 1.54) is 25.2 Å². The standard InChI is InChI=1S/C28H24N4O6/c1-4-38-26(33)20-14-13-17-19(31-20)11-8-12-21(17)32-24(28(35)37-3)23(27(34)36-2)22(18(15-29)25(32)30)16-9-6-5-7-10-16/h5-14,22H,4,30H2,1-3H3. The van der Waals surface area contributed by atoms with Crippen LogP contribution in [0.15, 0.2) is 83.3 Å². The summed E-state index contributed by atoms with van der Waals surface area (Å²) in [6, 6.07) is 18.9. The maximum Gasteiger partial charge on any atom is 0.356 e. The average Bonchev–Trinajstić information content (AvgIpc) is 2.95. The van der Waals surface area contributed by atoms with Crippen molar-refractivity contribution in [1.82, 2.24) is 4.98 Å². The molecule has 1 aromatic heterocycles. The van der Waals surface area contributed by atoms with Crippen LogP contribution in [0.2, 0.25) is 0 Å². The number of carbonyl (C=O) groups is 3. The molecule has 0 saturated heterocycles. The number of carbonyl (C=O) groups excluding carboxylic acids is 3. The van der Waals surface area contributed by atoms with Gasteiger partial charge in [-0.3, -0.25) is 4.90 Å². The molecule has 1 atom stereocenters. The number of esters is 3. The van der Waals surface area contributed by atoms with Crippen LogP contribution in [-0.2, 0) is 23.8 Å². The maximum atomic E-state index is 13.3. The molecule has 0 bridgehead atoms. The Hall–Kier alpha value is -5.17. The number of hydrogen-bond acceptors (Lipinski definition) is 10. The lowest BCUT2D eigenvalue weighted by Crippen LogP contribution is -2.40. The highest BCUT2D eigenvalue weighted by Crippen LogP contribution is 2.44. The number of fused-ring (bicyclic) bond motifs is 1. The molecule has 0 spiro atoms. The van der Waals surface area contributed by atoms with E-state index in [0.29, 0.717) is 22.2 Å². The molecule has 0 aliphatic carbocycles. The van der Waals surface area contributed by atoms with E-state index in [-0.39, 0.29) is 35.0 Å². The van der Waals surface area contributed by atoms with E-state index in [1.807, 2.05) is 0 Å². The second-order valence-corrected chi connectivity index (χ2v) is 8.10. The van der Waals surface area contributed by atoms with Crippen molar-refractivity contribution in [3.05, 3.63) is 94.6 Å². The number of ether oxygens (including phenoxy) is 3. The van der Waals surface area contributed by atoms with Crippen LogP contribution in [0, 0.1) is 11.3 Å². The summed E-state index contributed by atoms with van der Waals surface area (Å²) in [5.41, 5.74) is 7.71. The molecule has 1 aliphatic heterocycles. The van der Waals surface area contributed by atoms with Crippen LogP contribution in [0.5, 0.6) is 0 Å². The molecule has 10 heteroatoms. The number of allylic oxidation sites excluding steroid dienone is 1. The fraction of sp³-hybridized carbons (Fsp3) is 0.179. The van der Waals surface area contributed by atoms with Gasteiger partial charge in [0, 0.05) is 5.39 Å². The third-order valence-corrected chi connectivity index (χ3v) is 6.04. The Balaban J connectivity index is 2.05. The lowest BCUT2D eigenvalue weighted by Gasteiger charge is -2.36. The lowest BCUT2D eigenvalue weighted by molar-refractivity contribution is -0.139. The third-order valence-electron chi connectivity index (χ3n) is 6.04. The van der Waals surface area contributed by atoms with Gasteiger partial charge in [-0.15, -0.1) is 0 Å². The van der Waals surface area contributed by atoms with Crippen molar-refractivity contribution in [3.63, 3.8) is 0 Å². The second kappa shape index (κ2) is 10.8. The number of aromatic nitrogens is 1. The van der Waals surface area contributed by atoms with E-state index >= 15 is 0 Å². The number of benzene rings is 2. The molecule has 2 aromatic carbocycles. The highest BCUT2D eigenvalue weighted by atomic mass is 16.5. The van der Waals surface area contributed by atoms with Crippen LogP contribution in [0.25, 0.3) is 10.9 Å². The van der Waals surface area contributed by atoms with E-state index in [1.54, 1.807) is 61.5 Å². The molecular formula is C28H24N4O6. The molecular weight excluding hydrogens is 488 g/mol. The van der Waals surface area contributed by atoms with Crippen molar-refractivity contribution in [3.8, 4) is 6.07 Å². The lowest BCUT2D eigenvalue weighted by atomic mass is 9.81. The molecule has 3 aromatic rings. The normalized spacial score (nSPS) is 15.2. The summed E-state index contributed by atoms with van der Waals surface area (Å²) in [6.45, 7) is 1.88. The molecule has 2 N–H and O–H groups in total. The van der Waals surface area contributed by atoms with Crippen molar-refractivity contribution < 1.29 is 28.6 Å². The first-order chi connectivity index (χ1) is 18.4.